The molecule has 8 nitrogen and oxygen atoms in total. The van der Waals surface area contributed by atoms with Gasteiger partial charge < -0.3 is 4.90 Å². The average Bonchev–Trinajstić information content (AvgIpc) is 2.74. The van der Waals surface area contributed by atoms with Gasteiger partial charge in [0.15, 0.2) is 0 Å². The zero-order valence-electron chi connectivity index (χ0n) is 17.3. The predicted molar refractivity (Wildman–Crippen MR) is 118 cm³/mol. The normalized spacial score (nSPS) is 17.3. The van der Waals surface area contributed by atoms with Crippen molar-refractivity contribution in [1.29, 1.82) is 0 Å². The van der Waals surface area contributed by atoms with Gasteiger partial charge in [-0.15, -0.1) is 0 Å². The minimum absolute atomic E-state index is 0.0745. The van der Waals surface area contributed by atoms with Crippen LogP contribution in [0.2, 0.25) is 5.02 Å². The van der Waals surface area contributed by atoms with Crippen LogP contribution in [-0.2, 0) is 16.6 Å². The average molecular weight is 466 g/mol. The van der Waals surface area contributed by atoms with E-state index in [9.17, 15) is 23.3 Å². The van der Waals surface area contributed by atoms with Crippen LogP contribution in [0.3, 0.4) is 0 Å². The molecule has 2 aromatic carbocycles. The number of carbonyl (C=O) groups is 1. The van der Waals surface area contributed by atoms with Gasteiger partial charge in [-0.2, -0.15) is 4.31 Å². The first-order valence-corrected chi connectivity index (χ1v) is 11.7. The van der Waals surface area contributed by atoms with Gasteiger partial charge in [0.2, 0.25) is 10.0 Å². The van der Waals surface area contributed by atoms with Crippen LogP contribution in [0.4, 0.5) is 5.69 Å². The molecule has 0 saturated carbocycles. The molecule has 1 atom stereocenters. The van der Waals surface area contributed by atoms with Gasteiger partial charge in [0, 0.05) is 49.4 Å². The van der Waals surface area contributed by atoms with Crippen molar-refractivity contribution in [3.05, 3.63) is 68.7 Å². The van der Waals surface area contributed by atoms with E-state index in [1.807, 2.05) is 6.92 Å². The monoisotopic (exact) mass is 465 g/mol. The Kier molecular flexibility index (Phi) is 6.98. The van der Waals surface area contributed by atoms with E-state index in [1.54, 1.807) is 7.05 Å². The Balaban J connectivity index is 1.74. The van der Waals surface area contributed by atoms with E-state index in [0.717, 1.165) is 12.8 Å². The van der Waals surface area contributed by atoms with Gasteiger partial charge in [0.25, 0.3) is 11.6 Å². The number of benzene rings is 2. The number of hydrogen-bond donors (Lipinski definition) is 0. The summed E-state index contributed by atoms with van der Waals surface area (Å²) in [6, 6.07) is 9.90. The molecular formula is C21H24ClN3O5S. The number of halogens is 1. The zero-order valence-corrected chi connectivity index (χ0v) is 18.9. The standard InChI is InChI=1S/C21H24ClN3O5S/c1-15-4-3-11-24(13-15)31(29,30)19-8-5-16(6-9-19)21(26)23(2)14-17-12-18(25(27)28)7-10-20(17)22/h5-10,12,15H,3-4,11,13-14H2,1-2H3/t15-/m0/s1. The molecule has 1 fully saturated rings. The Bertz CT molecular complexity index is 1090. The summed E-state index contributed by atoms with van der Waals surface area (Å²) in [6.07, 6.45) is 1.85. The molecule has 1 amide bonds. The minimum atomic E-state index is -3.60. The highest BCUT2D eigenvalue weighted by molar-refractivity contribution is 7.89. The number of carbonyl (C=O) groups excluding carboxylic acids is 1. The number of piperidine rings is 1. The number of hydrogen-bond acceptors (Lipinski definition) is 5. The molecule has 1 aliphatic heterocycles. The summed E-state index contributed by atoms with van der Waals surface area (Å²) in [5, 5.41) is 11.3. The first kappa shape index (κ1) is 23.2. The van der Waals surface area contributed by atoms with Crippen LogP contribution >= 0.6 is 11.6 Å². The maximum atomic E-state index is 12.9. The molecule has 31 heavy (non-hydrogen) atoms. The lowest BCUT2D eigenvalue weighted by molar-refractivity contribution is -0.384. The molecule has 10 heteroatoms. The van der Waals surface area contributed by atoms with Crippen LogP contribution in [0.5, 0.6) is 0 Å². The summed E-state index contributed by atoms with van der Waals surface area (Å²) in [5.74, 6) is -0.0308. The van der Waals surface area contributed by atoms with E-state index < -0.39 is 14.9 Å². The van der Waals surface area contributed by atoms with Crippen molar-refractivity contribution in [2.24, 2.45) is 5.92 Å². The van der Waals surface area contributed by atoms with Crippen molar-refractivity contribution < 1.29 is 18.1 Å². The Hall–Kier alpha value is -2.49. The fourth-order valence-corrected chi connectivity index (χ4v) is 5.40. The van der Waals surface area contributed by atoms with Crippen LogP contribution in [0.1, 0.15) is 35.7 Å². The molecule has 3 rings (SSSR count). The molecule has 166 valence electrons. The lowest BCUT2D eigenvalue weighted by Gasteiger charge is -2.30. The lowest BCUT2D eigenvalue weighted by Crippen LogP contribution is -2.39. The minimum Gasteiger partial charge on any atom is -0.337 e. The zero-order chi connectivity index (χ0) is 22.8. The Morgan fingerprint density at radius 3 is 2.55 bits per heavy atom. The first-order chi connectivity index (χ1) is 14.6. The molecular weight excluding hydrogens is 442 g/mol. The van der Waals surface area contributed by atoms with Crippen molar-refractivity contribution in [2.45, 2.75) is 31.2 Å². The summed E-state index contributed by atoms with van der Waals surface area (Å²) in [7, 11) is -2.04. The number of nitro benzene ring substituents is 1. The fraction of sp³-hybridized carbons (Fsp3) is 0.381. The maximum Gasteiger partial charge on any atom is 0.269 e. The number of sulfonamides is 1. The molecule has 0 N–H and O–H groups in total. The van der Waals surface area contributed by atoms with Gasteiger partial charge in [-0.3, -0.25) is 14.9 Å². The second-order valence-corrected chi connectivity index (χ2v) is 10.2. The molecule has 0 aliphatic carbocycles. The molecule has 0 bridgehead atoms. The van der Waals surface area contributed by atoms with E-state index in [1.165, 1.54) is 51.7 Å². The largest absolute Gasteiger partial charge is 0.337 e. The van der Waals surface area contributed by atoms with Crippen molar-refractivity contribution in [3.63, 3.8) is 0 Å². The van der Waals surface area contributed by atoms with Gasteiger partial charge in [-0.05, 0) is 54.7 Å². The van der Waals surface area contributed by atoms with Crippen LogP contribution in [-0.4, -0.2) is 48.6 Å². The molecule has 1 aliphatic rings. The van der Waals surface area contributed by atoms with Crippen molar-refractivity contribution in [3.8, 4) is 0 Å². The van der Waals surface area contributed by atoms with E-state index in [2.05, 4.69) is 0 Å². The summed E-state index contributed by atoms with van der Waals surface area (Å²) >= 11 is 6.12. The van der Waals surface area contributed by atoms with Crippen molar-refractivity contribution in [1.82, 2.24) is 9.21 Å². The van der Waals surface area contributed by atoms with Crippen molar-refractivity contribution >= 4 is 33.2 Å². The molecule has 0 radical (unpaired) electrons. The Morgan fingerprint density at radius 1 is 1.26 bits per heavy atom. The summed E-state index contributed by atoms with van der Waals surface area (Å²) in [4.78, 5) is 24.8. The number of non-ortho nitro benzene ring substituents is 1. The molecule has 0 spiro atoms. The van der Waals surface area contributed by atoms with Gasteiger partial charge in [0.05, 0.1) is 9.82 Å². The number of nitro groups is 1. The highest BCUT2D eigenvalue weighted by atomic mass is 35.5. The smallest absolute Gasteiger partial charge is 0.269 e. The highest BCUT2D eigenvalue weighted by Gasteiger charge is 2.28. The molecule has 0 aromatic heterocycles. The first-order valence-electron chi connectivity index (χ1n) is 9.88. The summed E-state index contributed by atoms with van der Waals surface area (Å²) < 4.78 is 27.2. The number of nitrogens with zero attached hydrogens (tertiary/aromatic N) is 3. The second kappa shape index (κ2) is 9.33. The van der Waals surface area contributed by atoms with E-state index >= 15 is 0 Å². The van der Waals surface area contributed by atoms with Crippen LogP contribution < -0.4 is 0 Å². The topological polar surface area (TPSA) is 101 Å². The quantitative estimate of drug-likeness (QED) is 0.475. The fourth-order valence-electron chi connectivity index (χ4n) is 3.63. The van der Waals surface area contributed by atoms with Crippen LogP contribution in [0.25, 0.3) is 0 Å². The third-order valence-electron chi connectivity index (χ3n) is 5.35. The van der Waals surface area contributed by atoms with Gasteiger partial charge in [0.1, 0.15) is 0 Å². The second-order valence-electron chi connectivity index (χ2n) is 7.83. The van der Waals surface area contributed by atoms with Gasteiger partial charge >= 0.3 is 0 Å². The van der Waals surface area contributed by atoms with Gasteiger partial charge in [-0.1, -0.05) is 18.5 Å². The van der Waals surface area contributed by atoms with E-state index in [-0.39, 0.29) is 23.0 Å². The van der Waals surface area contributed by atoms with Crippen molar-refractivity contribution in [2.75, 3.05) is 20.1 Å². The van der Waals surface area contributed by atoms with Crippen LogP contribution in [0.15, 0.2) is 47.4 Å². The summed E-state index contributed by atoms with van der Waals surface area (Å²) in [5.41, 5.74) is 0.655. The summed E-state index contributed by atoms with van der Waals surface area (Å²) in [6.45, 7) is 3.10. The SMILES string of the molecule is C[C@H]1CCCN(S(=O)(=O)c2ccc(C(=O)N(C)Cc3cc([N+](=O)[O-])ccc3Cl)cc2)C1. The lowest BCUT2D eigenvalue weighted by atomic mass is 10.0. The molecule has 1 heterocycles. The van der Waals surface area contributed by atoms with Crippen LogP contribution in [0, 0.1) is 16.0 Å². The Labute approximate surface area is 186 Å². The molecule has 0 unspecified atom stereocenters. The third kappa shape index (κ3) is 5.23. The molecule has 1 saturated heterocycles. The predicted octanol–water partition coefficient (Wildman–Crippen LogP) is 3.94. The van der Waals surface area contributed by atoms with E-state index in [4.69, 9.17) is 11.6 Å². The number of rotatable bonds is 6. The highest BCUT2D eigenvalue weighted by Crippen LogP contribution is 2.25. The third-order valence-corrected chi connectivity index (χ3v) is 7.60. The Morgan fingerprint density at radius 2 is 1.94 bits per heavy atom. The molecule has 2 aromatic rings. The number of amides is 1. The van der Waals surface area contributed by atoms with E-state index in [0.29, 0.717) is 35.2 Å². The van der Waals surface area contributed by atoms with Gasteiger partial charge in [-0.25, -0.2) is 8.42 Å². The maximum absolute atomic E-state index is 12.9.